The van der Waals surface area contributed by atoms with Gasteiger partial charge < -0.3 is 20.2 Å². The number of halogens is 2. The zero-order valence-electron chi connectivity index (χ0n) is 15.2. The number of imidazole rings is 1. The number of aromatic amines is 1. The summed E-state index contributed by atoms with van der Waals surface area (Å²) in [5.41, 5.74) is 3.06. The van der Waals surface area contributed by atoms with Crippen molar-refractivity contribution in [1.82, 2.24) is 35.4 Å². The fourth-order valence-electron chi connectivity index (χ4n) is 3.20. The second kappa shape index (κ2) is 10.2. The van der Waals surface area contributed by atoms with Crippen molar-refractivity contribution in [3.63, 3.8) is 0 Å². The Labute approximate surface area is 175 Å². The summed E-state index contributed by atoms with van der Waals surface area (Å²) in [5, 5.41) is 14.3. The van der Waals surface area contributed by atoms with Crippen molar-refractivity contribution in [1.29, 1.82) is 0 Å². The predicted octanol–water partition coefficient (Wildman–Crippen LogP) is 1.59. The highest BCUT2D eigenvalue weighted by Gasteiger charge is 2.28. The number of carbonyl (C=O) groups excluding carboxylic acids is 1. The quantitative estimate of drug-likeness (QED) is 0.558. The van der Waals surface area contributed by atoms with Gasteiger partial charge in [-0.15, -0.1) is 35.0 Å². The molecule has 0 spiro atoms. The third-order valence-electron chi connectivity index (χ3n) is 4.61. The lowest BCUT2D eigenvalue weighted by Crippen LogP contribution is -2.41. The highest BCUT2D eigenvalue weighted by atomic mass is 35.5. The van der Waals surface area contributed by atoms with Crippen molar-refractivity contribution >= 4 is 30.7 Å². The molecule has 3 N–H and O–H groups in total. The van der Waals surface area contributed by atoms with Crippen LogP contribution < -0.4 is 10.6 Å². The van der Waals surface area contributed by atoms with E-state index in [2.05, 4.69) is 42.9 Å². The van der Waals surface area contributed by atoms with Crippen LogP contribution in [-0.4, -0.2) is 37.2 Å². The van der Waals surface area contributed by atoms with E-state index in [9.17, 15) is 4.79 Å². The second-order valence-electron chi connectivity index (χ2n) is 6.30. The number of hydrogen-bond acceptors (Lipinski definition) is 5. The van der Waals surface area contributed by atoms with Crippen LogP contribution in [0.3, 0.4) is 0 Å². The Morgan fingerprint density at radius 1 is 1.25 bits per heavy atom. The van der Waals surface area contributed by atoms with Crippen LogP contribution in [0.4, 0.5) is 0 Å². The van der Waals surface area contributed by atoms with Crippen LogP contribution in [0.1, 0.15) is 28.8 Å². The van der Waals surface area contributed by atoms with E-state index < -0.39 is 6.04 Å². The molecular formula is C18H23Cl2N7O. The van der Waals surface area contributed by atoms with Gasteiger partial charge in [-0.2, -0.15) is 0 Å². The van der Waals surface area contributed by atoms with Gasteiger partial charge in [0.25, 0.3) is 0 Å². The van der Waals surface area contributed by atoms with E-state index in [0.717, 1.165) is 43.1 Å². The number of H-pyrrole nitrogens is 1. The summed E-state index contributed by atoms with van der Waals surface area (Å²) in [4.78, 5) is 19.9. The van der Waals surface area contributed by atoms with E-state index in [1.165, 1.54) is 5.56 Å². The minimum Gasteiger partial charge on any atom is -0.348 e. The molecular weight excluding hydrogens is 401 g/mol. The van der Waals surface area contributed by atoms with E-state index in [1.54, 1.807) is 12.7 Å². The standard InChI is InChI=1S/C18H21N7O.2ClH/c26-18(17-16-14(6-8-19-17)21-11-22-16)20-10-15-24-23-12-25(15)9-7-13-4-2-1-3-5-13;;/h1-5,11-12,17,19H,6-10H2,(H,20,26)(H,21,22);2*1H. The average molecular weight is 424 g/mol. The van der Waals surface area contributed by atoms with Gasteiger partial charge >= 0.3 is 0 Å². The average Bonchev–Trinajstić information content (AvgIpc) is 3.34. The number of hydrogen-bond donors (Lipinski definition) is 3. The number of aryl methyl sites for hydroxylation is 2. The smallest absolute Gasteiger partial charge is 0.243 e. The first kappa shape index (κ1) is 21.9. The number of nitrogens with one attached hydrogen (secondary N) is 3. The van der Waals surface area contributed by atoms with Crippen molar-refractivity contribution in [2.45, 2.75) is 32.0 Å². The van der Waals surface area contributed by atoms with Crippen molar-refractivity contribution in [2.75, 3.05) is 6.54 Å². The Balaban J connectivity index is 0.00000140. The topological polar surface area (TPSA) is 101 Å². The number of aromatic nitrogens is 5. The Bertz CT molecular complexity index is 881. The summed E-state index contributed by atoms with van der Waals surface area (Å²) in [5.74, 6) is 0.642. The Morgan fingerprint density at radius 2 is 2.07 bits per heavy atom. The minimum atomic E-state index is -0.425. The van der Waals surface area contributed by atoms with Gasteiger partial charge in [0.1, 0.15) is 12.4 Å². The summed E-state index contributed by atoms with van der Waals surface area (Å²) >= 11 is 0. The molecule has 1 aliphatic rings. The highest BCUT2D eigenvalue weighted by Crippen LogP contribution is 2.19. The maximum absolute atomic E-state index is 12.6. The lowest BCUT2D eigenvalue weighted by molar-refractivity contribution is -0.123. The molecule has 0 radical (unpaired) electrons. The molecule has 150 valence electrons. The van der Waals surface area contributed by atoms with Gasteiger partial charge in [0, 0.05) is 25.2 Å². The number of carbonyl (C=O) groups is 1. The lowest BCUT2D eigenvalue weighted by atomic mass is 10.1. The third kappa shape index (κ3) is 4.89. The van der Waals surface area contributed by atoms with Crippen molar-refractivity contribution < 1.29 is 4.79 Å². The molecule has 10 heteroatoms. The minimum absolute atomic E-state index is 0. The van der Waals surface area contributed by atoms with Crippen LogP contribution in [0, 0.1) is 0 Å². The van der Waals surface area contributed by atoms with Gasteiger partial charge in [-0.25, -0.2) is 4.98 Å². The molecule has 28 heavy (non-hydrogen) atoms. The summed E-state index contributed by atoms with van der Waals surface area (Å²) < 4.78 is 1.97. The van der Waals surface area contributed by atoms with Crippen LogP contribution in [-0.2, 0) is 30.7 Å². The van der Waals surface area contributed by atoms with Crippen LogP contribution >= 0.6 is 24.8 Å². The zero-order chi connectivity index (χ0) is 17.8. The number of nitrogens with zero attached hydrogens (tertiary/aromatic N) is 4. The molecule has 1 aromatic carbocycles. The van der Waals surface area contributed by atoms with Crippen molar-refractivity contribution in [3.8, 4) is 0 Å². The van der Waals surface area contributed by atoms with E-state index in [1.807, 2.05) is 22.8 Å². The number of benzene rings is 1. The van der Waals surface area contributed by atoms with Crippen LogP contribution in [0.2, 0.25) is 0 Å². The fourth-order valence-corrected chi connectivity index (χ4v) is 3.20. The van der Waals surface area contributed by atoms with Crippen LogP contribution in [0.25, 0.3) is 0 Å². The van der Waals surface area contributed by atoms with E-state index in [4.69, 9.17) is 0 Å². The Morgan fingerprint density at radius 3 is 2.89 bits per heavy atom. The van der Waals surface area contributed by atoms with Crippen molar-refractivity contribution in [2.24, 2.45) is 0 Å². The predicted molar refractivity (Wildman–Crippen MR) is 110 cm³/mol. The molecule has 0 aliphatic carbocycles. The van der Waals surface area contributed by atoms with Gasteiger partial charge in [0.05, 0.1) is 18.6 Å². The Hall–Kier alpha value is -2.42. The molecule has 1 unspecified atom stereocenters. The third-order valence-corrected chi connectivity index (χ3v) is 4.61. The normalized spacial score (nSPS) is 15.1. The highest BCUT2D eigenvalue weighted by molar-refractivity contribution is 5.85. The SMILES string of the molecule is Cl.Cl.O=C(NCc1nncn1CCc1ccccc1)C1NCCc2[nH]cnc21. The molecule has 8 nitrogen and oxygen atoms in total. The lowest BCUT2D eigenvalue weighted by Gasteiger charge is -2.22. The Kier molecular flexibility index (Phi) is 7.98. The summed E-state index contributed by atoms with van der Waals surface area (Å²) in [7, 11) is 0. The summed E-state index contributed by atoms with van der Waals surface area (Å²) in [6, 6.07) is 9.84. The largest absolute Gasteiger partial charge is 0.348 e. The number of rotatable bonds is 6. The van der Waals surface area contributed by atoms with E-state index in [0.29, 0.717) is 6.54 Å². The van der Waals surface area contributed by atoms with Crippen LogP contribution in [0.15, 0.2) is 43.0 Å². The van der Waals surface area contributed by atoms with Gasteiger partial charge in [0.15, 0.2) is 5.82 Å². The molecule has 0 bridgehead atoms. The first-order valence-electron chi connectivity index (χ1n) is 8.75. The fraction of sp³-hybridized carbons (Fsp3) is 0.333. The molecule has 2 aromatic heterocycles. The zero-order valence-corrected chi connectivity index (χ0v) is 16.8. The maximum Gasteiger partial charge on any atom is 0.243 e. The van der Waals surface area contributed by atoms with Gasteiger partial charge in [-0.3, -0.25) is 4.79 Å². The molecule has 3 heterocycles. The van der Waals surface area contributed by atoms with E-state index in [-0.39, 0.29) is 30.7 Å². The summed E-state index contributed by atoms with van der Waals surface area (Å²) in [6.45, 7) is 1.86. The molecule has 0 saturated carbocycles. The molecule has 3 aromatic rings. The molecule has 1 atom stereocenters. The van der Waals surface area contributed by atoms with Gasteiger partial charge in [-0.1, -0.05) is 30.3 Å². The molecule has 4 rings (SSSR count). The molecule has 0 saturated heterocycles. The van der Waals surface area contributed by atoms with Gasteiger partial charge in [-0.05, 0) is 12.0 Å². The maximum atomic E-state index is 12.6. The van der Waals surface area contributed by atoms with E-state index >= 15 is 0 Å². The monoisotopic (exact) mass is 423 g/mol. The summed E-state index contributed by atoms with van der Waals surface area (Å²) in [6.07, 6.45) is 5.08. The number of amides is 1. The van der Waals surface area contributed by atoms with Crippen molar-refractivity contribution in [3.05, 3.63) is 65.8 Å². The first-order valence-corrected chi connectivity index (χ1v) is 8.75. The number of fused-ring (bicyclic) bond motifs is 1. The molecule has 1 aliphatic heterocycles. The van der Waals surface area contributed by atoms with Crippen LogP contribution in [0.5, 0.6) is 0 Å². The first-order chi connectivity index (χ1) is 12.8. The molecule has 1 amide bonds. The second-order valence-corrected chi connectivity index (χ2v) is 6.30. The van der Waals surface area contributed by atoms with Gasteiger partial charge in [0.2, 0.25) is 5.91 Å². The molecule has 0 fully saturated rings.